The van der Waals surface area contributed by atoms with Gasteiger partial charge in [-0.1, -0.05) is 12.8 Å². The van der Waals surface area contributed by atoms with Gasteiger partial charge in [-0.25, -0.2) is 0 Å². The minimum Gasteiger partial charge on any atom is -0.326 e. The van der Waals surface area contributed by atoms with Crippen molar-refractivity contribution >= 4 is 0 Å². The van der Waals surface area contributed by atoms with Gasteiger partial charge in [0, 0.05) is 18.6 Å². The first-order valence-electron chi connectivity index (χ1n) is 5.70. The van der Waals surface area contributed by atoms with Crippen LogP contribution in [0.3, 0.4) is 0 Å². The second-order valence-electron chi connectivity index (χ2n) is 4.63. The molecule has 3 heteroatoms. The lowest BCUT2D eigenvalue weighted by Crippen LogP contribution is -2.48. The van der Waals surface area contributed by atoms with Crippen LogP contribution in [0.25, 0.3) is 0 Å². The zero-order valence-electron chi connectivity index (χ0n) is 8.65. The smallest absolute Gasteiger partial charge is 0.0669 e. The first-order valence-corrected chi connectivity index (χ1v) is 5.70. The van der Waals surface area contributed by atoms with E-state index in [1.807, 2.05) is 0 Å². The molecule has 2 N–H and O–H groups in total. The van der Waals surface area contributed by atoms with Crippen LogP contribution in [0.2, 0.25) is 0 Å². The van der Waals surface area contributed by atoms with E-state index in [0.29, 0.717) is 12.1 Å². The number of nitrogens with two attached hydrogens (primary N) is 1. The average molecular weight is 193 g/mol. The lowest BCUT2D eigenvalue weighted by molar-refractivity contribution is 0.165. The molecular formula is C11H19N3. The fourth-order valence-corrected chi connectivity index (χ4v) is 2.79. The summed E-state index contributed by atoms with van der Waals surface area (Å²) < 4.78 is 0. The van der Waals surface area contributed by atoms with E-state index in [1.54, 1.807) is 0 Å². The molecule has 0 aromatic carbocycles. The Balaban J connectivity index is 1.92. The van der Waals surface area contributed by atoms with E-state index in [0.717, 1.165) is 19.5 Å². The SMILES string of the molecule is N#CC1CCN(C2CCCCC2N)C1. The Hall–Kier alpha value is -0.590. The molecule has 2 fully saturated rings. The Morgan fingerprint density at radius 1 is 1.21 bits per heavy atom. The summed E-state index contributed by atoms with van der Waals surface area (Å²) in [6.07, 6.45) is 6.04. The third-order valence-electron chi connectivity index (χ3n) is 3.65. The van der Waals surface area contributed by atoms with Crippen LogP contribution in [0, 0.1) is 17.2 Å². The molecule has 14 heavy (non-hydrogen) atoms. The van der Waals surface area contributed by atoms with Crippen molar-refractivity contribution in [2.45, 2.75) is 44.2 Å². The van der Waals surface area contributed by atoms with Crippen molar-refractivity contribution in [3.63, 3.8) is 0 Å². The van der Waals surface area contributed by atoms with Gasteiger partial charge < -0.3 is 5.73 Å². The van der Waals surface area contributed by atoms with Crippen LogP contribution in [-0.4, -0.2) is 30.1 Å². The summed E-state index contributed by atoms with van der Waals surface area (Å²) in [7, 11) is 0. The van der Waals surface area contributed by atoms with Gasteiger partial charge in [-0.05, 0) is 25.8 Å². The van der Waals surface area contributed by atoms with Gasteiger partial charge in [0.25, 0.3) is 0 Å². The third kappa shape index (κ3) is 1.92. The van der Waals surface area contributed by atoms with E-state index in [4.69, 9.17) is 11.0 Å². The minimum atomic E-state index is 0.254. The van der Waals surface area contributed by atoms with Crippen molar-refractivity contribution in [3.8, 4) is 6.07 Å². The Morgan fingerprint density at radius 2 is 2.00 bits per heavy atom. The molecule has 3 unspecified atom stereocenters. The topological polar surface area (TPSA) is 53.0 Å². The highest BCUT2D eigenvalue weighted by Crippen LogP contribution is 2.26. The number of likely N-dealkylation sites (tertiary alicyclic amines) is 1. The van der Waals surface area contributed by atoms with Gasteiger partial charge in [0.1, 0.15) is 0 Å². The number of hydrogen-bond donors (Lipinski definition) is 1. The van der Waals surface area contributed by atoms with E-state index in [2.05, 4.69) is 11.0 Å². The Morgan fingerprint density at radius 3 is 2.64 bits per heavy atom. The first-order chi connectivity index (χ1) is 6.81. The summed E-state index contributed by atoms with van der Waals surface area (Å²) in [5.41, 5.74) is 6.12. The lowest BCUT2D eigenvalue weighted by atomic mass is 9.90. The van der Waals surface area contributed by atoms with Crippen molar-refractivity contribution < 1.29 is 0 Å². The van der Waals surface area contributed by atoms with Crippen LogP contribution in [0.15, 0.2) is 0 Å². The second-order valence-corrected chi connectivity index (χ2v) is 4.63. The highest BCUT2D eigenvalue weighted by atomic mass is 15.2. The highest BCUT2D eigenvalue weighted by molar-refractivity contribution is 4.95. The van der Waals surface area contributed by atoms with Gasteiger partial charge >= 0.3 is 0 Å². The Labute approximate surface area is 85.9 Å². The first kappa shape index (κ1) is 9.95. The Bertz CT molecular complexity index is 233. The van der Waals surface area contributed by atoms with E-state index in [9.17, 15) is 0 Å². The highest BCUT2D eigenvalue weighted by Gasteiger charge is 2.32. The molecule has 0 amide bonds. The lowest BCUT2D eigenvalue weighted by Gasteiger charge is -2.35. The molecule has 1 heterocycles. The van der Waals surface area contributed by atoms with Crippen molar-refractivity contribution in [3.05, 3.63) is 0 Å². The summed E-state index contributed by atoms with van der Waals surface area (Å²) in [6, 6.07) is 3.27. The molecule has 0 aromatic heterocycles. The fourth-order valence-electron chi connectivity index (χ4n) is 2.79. The molecular weight excluding hydrogens is 174 g/mol. The van der Waals surface area contributed by atoms with E-state index < -0.39 is 0 Å². The minimum absolute atomic E-state index is 0.254. The van der Waals surface area contributed by atoms with Crippen molar-refractivity contribution in [2.75, 3.05) is 13.1 Å². The van der Waals surface area contributed by atoms with Crippen LogP contribution in [-0.2, 0) is 0 Å². The van der Waals surface area contributed by atoms with Gasteiger partial charge in [0.05, 0.1) is 12.0 Å². The number of nitrogens with zero attached hydrogens (tertiary/aromatic N) is 2. The zero-order valence-corrected chi connectivity index (χ0v) is 8.65. The zero-order chi connectivity index (χ0) is 9.97. The van der Waals surface area contributed by atoms with E-state index in [1.165, 1.54) is 25.7 Å². The summed E-state index contributed by atoms with van der Waals surface area (Å²) in [6.45, 7) is 2.03. The van der Waals surface area contributed by atoms with Crippen molar-refractivity contribution in [1.82, 2.24) is 4.90 Å². The average Bonchev–Trinajstić information content (AvgIpc) is 2.67. The monoisotopic (exact) mass is 193 g/mol. The maximum absolute atomic E-state index is 8.84. The van der Waals surface area contributed by atoms with Crippen LogP contribution in [0.1, 0.15) is 32.1 Å². The van der Waals surface area contributed by atoms with Gasteiger partial charge in [-0.2, -0.15) is 5.26 Å². The maximum atomic E-state index is 8.84. The van der Waals surface area contributed by atoms with Gasteiger partial charge in [0.15, 0.2) is 0 Å². The van der Waals surface area contributed by atoms with Gasteiger partial charge in [-0.15, -0.1) is 0 Å². The van der Waals surface area contributed by atoms with Crippen molar-refractivity contribution in [1.29, 1.82) is 5.26 Å². The normalized spacial score (nSPS) is 39.6. The largest absolute Gasteiger partial charge is 0.326 e. The summed E-state index contributed by atoms with van der Waals surface area (Å²) in [5, 5.41) is 8.84. The molecule has 3 atom stereocenters. The number of nitriles is 1. The van der Waals surface area contributed by atoms with Crippen molar-refractivity contribution in [2.24, 2.45) is 11.7 Å². The van der Waals surface area contributed by atoms with E-state index in [-0.39, 0.29) is 5.92 Å². The molecule has 78 valence electrons. The van der Waals surface area contributed by atoms with Crippen LogP contribution < -0.4 is 5.73 Å². The number of rotatable bonds is 1. The van der Waals surface area contributed by atoms with Crippen LogP contribution >= 0.6 is 0 Å². The molecule has 0 radical (unpaired) electrons. The number of hydrogen-bond acceptors (Lipinski definition) is 3. The molecule has 1 aliphatic carbocycles. The molecule has 1 aliphatic heterocycles. The van der Waals surface area contributed by atoms with Gasteiger partial charge in [0.2, 0.25) is 0 Å². The van der Waals surface area contributed by atoms with Gasteiger partial charge in [-0.3, -0.25) is 4.90 Å². The predicted molar refractivity (Wildman–Crippen MR) is 55.5 cm³/mol. The Kier molecular flexibility index (Phi) is 3.05. The summed E-state index contributed by atoms with van der Waals surface area (Å²) in [5.74, 6) is 0.254. The summed E-state index contributed by atoms with van der Waals surface area (Å²) in [4.78, 5) is 2.44. The molecule has 0 spiro atoms. The van der Waals surface area contributed by atoms with Crippen LogP contribution in [0.5, 0.6) is 0 Å². The molecule has 2 rings (SSSR count). The third-order valence-corrected chi connectivity index (χ3v) is 3.65. The second kappa shape index (κ2) is 4.29. The predicted octanol–water partition coefficient (Wildman–Crippen LogP) is 1.10. The summed E-state index contributed by atoms with van der Waals surface area (Å²) >= 11 is 0. The maximum Gasteiger partial charge on any atom is 0.0669 e. The molecule has 0 bridgehead atoms. The standard InChI is InChI=1S/C11H19N3/c12-7-9-5-6-14(8-9)11-4-2-1-3-10(11)13/h9-11H,1-6,8,13H2. The van der Waals surface area contributed by atoms with E-state index >= 15 is 0 Å². The quantitative estimate of drug-likeness (QED) is 0.678. The molecule has 1 saturated carbocycles. The molecule has 2 aliphatic rings. The molecule has 0 aromatic rings. The fraction of sp³-hybridized carbons (Fsp3) is 0.909. The molecule has 1 saturated heterocycles. The molecule has 3 nitrogen and oxygen atoms in total. The van der Waals surface area contributed by atoms with Crippen LogP contribution in [0.4, 0.5) is 0 Å².